The van der Waals surface area contributed by atoms with Crippen LogP contribution in [0.4, 0.5) is 0 Å². The van der Waals surface area contributed by atoms with Crippen molar-refractivity contribution >= 4 is 11.9 Å². The van der Waals surface area contributed by atoms with Gasteiger partial charge in [0.25, 0.3) is 0 Å². The van der Waals surface area contributed by atoms with Crippen LogP contribution >= 0.6 is 0 Å². The molecule has 0 aliphatic rings. The Morgan fingerprint density at radius 1 is 1.15 bits per heavy atom. The summed E-state index contributed by atoms with van der Waals surface area (Å²) in [7, 11) is 0. The average Bonchev–Trinajstić information content (AvgIpc) is 1.85. The molecule has 0 saturated carbocycles. The van der Waals surface area contributed by atoms with E-state index in [-0.39, 0.29) is 37.7 Å². The molecule has 1 atom stereocenters. The Morgan fingerprint density at radius 2 is 1.46 bits per heavy atom. The van der Waals surface area contributed by atoms with Crippen LogP contribution in [0.3, 0.4) is 0 Å². The van der Waals surface area contributed by atoms with Gasteiger partial charge in [0.05, 0.1) is 11.9 Å². The zero-order valence-electron chi connectivity index (χ0n) is 8.49. The molecule has 1 unspecified atom stereocenters. The van der Waals surface area contributed by atoms with E-state index in [1.54, 1.807) is 6.92 Å². The van der Waals surface area contributed by atoms with Crippen LogP contribution in [0.5, 0.6) is 0 Å². The van der Waals surface area contributed by atoms with Gasteiger partial charge in [-0.05, 0) is 5.92 Å². The Balaban J connectivity index is -0.000000500. The van der Waals surface area contributed by atoms with Crippen LogP contribution in [0.2, 0.25) is 0 Å². The summed E-state index contributed by atoms with van der Waals surface area (Å²) < 4.78 is 0. The molecule has 0 fully saturated rings. The average molecular weight is 172 g/mol. The molecule has 0 radical (unpaired) electrons. The quantitative estimate of drug-likeness (QED) is 0.311. The molecular formula is C7H10Li2O4. The molecule has 0 spiro atoms. The van der Waals surface area contributed by atoms with Crippen LogP contribution in [0.25, 0.3) is 0 Å². The van der Waals surface area contributed by atoms with Crippen LogP contribution in [0, 0.1) is 11.8 Å². The maximum atomic E-state index is 10.2. The summed E-state index contributed by atoms with van der Waals surface area (Å²) in [6.45, 7) is 3.25. The number of carbonyl (C=O) groups is 2. The zero-order chi connectivity index (χ0) is 9.02. The number of carboxylic acids is 2. The third-order valence-corrected chi connectivity index (χ3v) is 1.72. The second-order valence-electron chi connectivity index (χ2n) is 2.50. The molecule has 64 valence electrons. The van der Waals surface area contributed by atoms with E-state index in [2.05, 4.69) is 0 Å². The molecule has 0 heterocycles. The monoisotopic (exact) mass is 172 g/mol. The van der Waals surface area contributed by atoms with Crippen molar-refractivity contribution in [2.75, 3.05) is 0 Å². The second-order valence-corrected chi connectivity index (χ2v) is 2.50. The van der Waals surface area contributed by atoms with Gasteiger partial charge in [-0.3, -0.25) is 0 Å². The predicted molar refractivity (Wildman–Crippen MR) is 33.0 cm³/mol. The first kappa shape index (κ1) is 18.8. The largest absolute Gasteiger partial charge is 1.00 e. The van der Waals surface area contributed by atoms with Gasteiger partial charge in [-0.15, -0.1) is 0 Å². The molecule has 0 aromatic carbocycles. The molecule has 6 heteroatoms. The first-order valence-electron chi connectivity index (χ1n) is 3.42. The van der Waals surface area contributed by atoms with Crippen molar-refractivity contribution < 1.29 is 57.5 Å². The van der Waals surface area contributed by atoms with E-state index in [1.807, 2.05) is 0 Å². The van der Waals surface area contributed by atoms with Gasteiger partial charge in [-0.25, -0.2) is 0 Å². The van der Waals surface area contributed by atoms with E-state index in [0.29, 0.717) is 6.42 Å². The standard InChI is InChI=1S/C7H12O4.2Li/c1-3-4(2)5(6(8)9)7(10)11;;/h4-5H,3H2,1-2H3,(H,8,9)(H,10,11);;/q;2*+1/p-2. The Labute approximate surface area is 101 Å². The number of aliphatic carboxylic acids is 2. The molecule has 0 aliphatic carbocycles. The Kier molecular flexibility index (Phi) is 12.6. The maximum Gasteiger partial charge on any atom is 1.00 e. The summed E-state index contributed by atoms with van der Waals surface area (Å²) in [5.41, 5.74) is 0. The van der Waals surface area contributed by atoms with Crippen LogP contribution in [0.1, 0.15) is 20.3 Å². The van der Waals surface area contributed by atoms with E-state index in [0.717, 1.165) is 0 Å². The van der Waals surface area contributed by atoms with E-state index >= 15 is 0 Å². The smallest absolute Gasteiger partial charge is 0.549 e. The molecule has 0 aromatic heterocycles. The minimum Gasteiger partial charge on any atom is -0.549 e. The summed E-state index contributed by atoms with van der Waals surface area (Å²) in [6, 6.07) is 0. The van der Waals surface area contributed by atoms with Crippen molar-refractivity contribution in [2.24, 2.45) is 11.8 Å². The van der Waals surface area contributed by atoms with Crippen molar-refractivity contribution in [1.29, 1.82) is 0 Å². The number of carbonyl (C=O) groups excluding carboxylic acids is 2. The molecule has 4 nitrogen and oxygen atoms in total. The first-order valence-corrected chi connectivity index (χ1v) is 3.42. The molecule has 0 N–H and O–H groups in total. The first-order chi connectivity index (χ1) is 5.00. The molecule has 0 amide bonds. The van der Waals surface area contributed by atoms with Crippen LogP contribution < -0.4 is 47.9 Å². The van der Waals surface area contributed by atoms with E-state index < -0.39 is 23.8 Å². The van der Waals surface area contributed by atoms with Crippen molar-refractivity contribution in [2.45, 2.75) is 20.3 Å². The summed E-state index contributed by atoms with van der Waals surface area (Å²) in [4.78, 5) is 20.4. The van der Waals surface area contributed by atoms with E-state index in [9.17, 15) is 19.8 Å². The molecule has 0 aliphatic heterocycles. The SMILES string of the molecule is CCC(C)C(C(=O)[O-])C(=O)[O-].[Li+].[Li+]. The van der Waals surface area contributed by atoms with Crippen molar-refractivity contribution in [3.63, 3.8) is 0 Å². The zero-order valence-corrected chi connectivity index (χ0v) is 8.49. The van der Waals surface area contributed by atoms with E-state index in [1.165, 1.54) is 6.92 Å². The van der Waals surface area contributed by atoms with Crippen molar-refractivity contribution in [1.82, 2.24) is 0 Å². The Hall–Kier alpha value is 0.135. The van der Waals surface area contributed by atoms with Gasteiger partial charge in [0, 0.05) is 5.92 Å². The molecule has 0 saturated heterocycles. The third-order valence-electron chi connectivity index (χ3n) is 1.72. The normalized spacial score (nSPS) is 11.0. The van der Waals surface area contributed by atoms with Crippen LogP contribution in [-0.4, -0.2) is 11.9 Å². The van der Waals surface area contributed by atoms with Gasteiger partial charge >= 0.3 is 37.7 Å². The summed E-state index contributed by atoms with van der Waals surface area (Å²) in [6.07, 6.45) is 0.479. The van der Waals surface area contributed by atoms with Gasteiger partial charge < -0.3 is 19.8 Å². The Bertz CT molecular complexity index is 158. The van der Waals surface area contributed by atoms with E-state index in [4.69, 9.17) is 0 Å². The Morgan fingerprint density at radius 3 is 1.54 bits per heavy atom. The fourth-order valence-corrected chi connectivity index (χ4v) is 0.797. The summed E-state index contributed by atoms with van der Waals surface area (Å²) in [5.74, 6) is -5.07. The fraction of sp³-hybridized carbons (Fsp3) is 0.714. The van der Waals surface area contributed by atoms with Crippen molar-refractivity contribution in [3.8, 4) is 0 Å². The molecule has 0 bridgehead atoms. The van der Waals surface area contributed by atoms with Crippen LogP contribution in [0.15, 0.2) is 0 Å². The minimum atomic E-state index is -1.57. The van der Waals surface area contributed by atoms with Crippen molar-refractivity contribution in [3.05, 3.63) is 0 Å². The molecular weight excluding hydrogens is 162 g/mol. The number of rotatable bonds is 4. The number of hydrogen-bond acceptors (Lipinski definition) is 4. The second kappa shape index (κ2) is 8.72. The minimum absolute atomic E-state index is 0. The fourth-order valence-electron chi connectivity index (χ4n) is 0.797. The van der Waals surface area contributed by atoms with Gasteiger partial charge in [-0.1, -0.05) is 20.3 Å². The van der Waals surface area contributed by atoms with Gasteiger partial charge in [-0.2, -0.15) is 0 Å². The summed E-state index contributed by atoms with van der Waals surface area (Å²) in [5, 5.41) is 20.4. The maximum absolute atomic E-state index is 10.2. The number of hydrogen-bond donors (Lipinski definition) is 0. The third kappa shape index (κ3) is 6.24. The molecule has 0 rings (SSSR count). The summed E-state index contributed by atoms with van der Waals surface area (Å²) >= 11 is 0. The van der Waals surface area contributed by atoms with Gasteiger partial charge in [0.1, 0.15) is 0 Å². The topological polar surface area (TPSA) is 80.3 Å². The van der Waals surface area contributed by atoms with Gasteiger partial charge in [0.2, 0.25) is 0 Å². The molecule has 0 aromatic rings. The predicted octanol–water partition coefficient (Wildman–Crippen LogP) is -7.84. The van der Waals surface area contributed by atoms with Crippen LogP contribution in [-0.2, 0) is 9.59 Å². The number of carboxylic acid groups (broad SMARTS) is 2. The molecule has 13 heavy (non-hydrogen) atoms. The van der Waals surface area contributed by atoms with Gasteiger partial charge in [0.15, 0.2) is 0 Å².